The van der Waals surface area contributed by atoms with E-state index in [-0.39, 0.29) is 53.4 Å². The Hall–Kier alpha value is -0.326. The Kier molecular flexibility index (Phi) is 47.3. The molecule has 0 aliphatic rings. The molecule has 2 amide bonds. The number of aliphatic hydroxyl groups excluding tert-OH is 1. The van der Waals surface area contributed by atoms with Crippen molar-refractivity contribution in [3.63, 3.8) is 0 Å². The number of aliphatic hydroxyl groups is 1. The Morgan fingerprint density at radius 3 is 1.34 bits per heavy atom. The van der Waals surface area contributed by atoms with E-state index in [4.69, 9.17) is 29.2 Å². The second-order valence-corrected chi connectivity index (χ2v) is 61.6. The molecule has 0 aliphatic heterocycles. The summed E-state index contributed by atoms with van der Waals surface area (Å²) >= 11 is 14.8. The van der Waals surface area contributed by atoms with E-state index in [0.717, 1.165) is 67.6 Å². The van der Waals surface area contributed by atoms with Crippen LogP contribution in [0.15, 0.2) is 84.1 Å². The van der Waals surface area contributed by atoms with E-state index in [9.17, 15) is 53.9 Å². The van der Waals surface area contributed by atoms with Crippen molar-refractivity contribution < 1.29 is 81.9 Å². The van der Waals surface area contributed by atoms with Crippen molar-refractivity contribution in [2.24, 2.45) is 0 Å². The molecule has 0 saturated heterocycles. The molecule has 358 valence electrons. The maximum atomic E-state index is 12.3. The van der Waals surface area contributed by atoms with Crippen LogP contribution in [0.3, 0.4) is 0 Å². The maximum absolute atomic E-state index is 12.3. The zero-order valence-electron chi connectivity index (χ0n) is 32.5. The number of hydrogen-bond donors (Lipinski definition) is 4. The normalized spacial score (nSPS) is 10.2. The number of allylic oxidation sites excluding steroid dienone is 1. The molecular weight excluding hydrogens is 1820 g/mol. The number of nitrogens with zero attached hydrogens (tertiary/aromatic N) is 3. The van der Waals surface area contributed by atoms with Crippen LogP contribution >= 0.6 is 144 Å². The van der Waals surface area contributed by atoms with Crippen LogP contribution in [-0.4, -0.2) is 47.5 Å². The van der Waals surface area contributed by atoms with Gasteiger partial charge >= 0.3 is 152 Å². The molecule has 5 N–H and O–H groups in total. The van der Waals surface area contributed by atoms with Crippen LogP contribution in [0.4, 0.5) is 56.6 Å². The molecule has 11 nitrogen and oxygen atoms in total. The number of carbonyl (C=O) groups is 3. The predicted molar refractivity (Wildman–Crippen MR) is 282 cm³/mol. The third-order valence-electron chi connectivity index (χ3n) is 5.64. The topological polar surface area (TPSA) is 163 Å². The Morgan fingerprint density at radius 2 is 1.08 bits per heavy atom. The van der Waals surface area contributed by atoms with Crippen molar-refractivity contribution in [3.8, 4) is 6.07 Å². The van der Waals surface area contributed by atoms with Gasteiger partial charge < -0.3 is 35.9 Å². The van der Waals surface area contributed by atoms with Gasteiger partial charge in [-0.05, 0) is 91.6 Å². The number of alkyl halides is 10. The molecule has 0 atom stereocenters. The van der Waals surface area contributed by atoms with E-state index >= 15 is 0 Å². The van der Waals surface area contributed by atoms with E-state index in [1.807, 2.05) is 4.93 Å². The van der Waals surface area contributed by atoms with Gasteiger partial charge in [-0.1, -0.05) is 22.6 Å². The Labute approximate surface area is 461 Å². The minimum absolute atomic E-state index is 0. The molecule has 0 unspecified atom stereocenters. The number of esters is 1. The fraction of sp³-hybridized carbons (Fsp3) is 0.257. The average Bonchev–Trinajstić information content (AvgIpc) is 3.16. The summed E-state index contributed by atoms with van der Waals surface area (Å²) in [4.78, 5) is 40.0. The summed E-state index contributed by atoms with van der Waals surface area (Å²) in [5.41, 5.74) is 3.06. The number of rotatable bonds is 6. The Bertz CT molecular complexity index is 1940. The van der Waals surface area contributed by atoms with Crippen LogP contribution in [0.1, 0.15) is 30.5 Å². The van der Waals surface area contributed by atoms with Crippen molar-refractivity contribution >= 4 is 179 Å². The third-order valence-corrected chi connectivity index (χ3v) is 5.64. The Balaban J connectivity index is -0.000000233. The number of nitriles is 1. The fourth-order valence-corrected chi connectivity index (χ4v) is 3.19. The summed E-state index contributed by atoms with van der Waals surface area (Å²) in [6, 6.07) is 13.6. The molecule has 3 rings (SSSR count). The van der Waals surface area contributed by atoms with Crippen molar-refractivity contribution in [2.45, 2.75) is 32.4 Å². The van der Waals surface area contributed by atoms with Gasteiger partial charge in [0.15, 0.2) is 5.57 Å². The van der Waals surface area contributed by atoms with Crippen LogP contribution in [-0.2, 0) is 42.6 Å². The van der Waals surface area contributed by atoms with Crippen LogP contribution < -0.4 is 29.6 Å². The molecule has 3 aromatic rings. The summed E-state index contributed by atoms with van der Waals surface area (Å²) in [6.45, 7) is 15.4. The van der Waals surface area contributed by atoms with E-state index in [0.29, 0.717) is 25.5 Å². The van der Waals surface area contributed by atoms with Gasteiger partial charge in [-0.2, -0.15) is 44.8 Å². The van der Waals surface area contributed by atoms with Gasteiger partial charge in [-0.15, -0.1) is 24.0 Å². The number of nitrogens with one attached hydrogen (secondary N) is 2. The van der Waals surface area contributed by atoms with Gasteiger partial charge in [0.2, 0.25) is 0 Å². The zero-order valence-corrected chi connectivity index (χ0v) is 51.3. The van der Waals surface area contributed by atoms with Crippen molar-refractivity contribution in [2.75, 3.05) is 41.0 Å². The second kappa shape index (κ2) is 41.6. The standard InChI is InChI=1S/C12H9F3N2O2.C10H7F3N2O.C7H6F3N.C5H7NO2.CH3I.I3.4HI.V/c1-7(18)10(6-16)11(19)17-9-4-2-8(3-5-9)12(13,14)15;1-14-6-9(16)15-8-4-2-7(3-5-8)10(11,12)13;8-7(9,10)5-1-3-6(11)4-2-5;1-3-8-5(7)4-6-2;1-2;1-3-2;;;;;/h2-5,18H,1H3,(H,17,19);2-5H,6H2,(H,15,16);1-4H,11H2;3-4H2,1H3;1H3;;4*1H;/q;;;;;-1;;;;;+3/p-3/b10-7-;;;;;;;;;;. The quantitative estimate of drug-likeness (QED) is 0.0220. The van der Waals surface area contributed by atoms with E-state index < -0.39 is 64.3 Å². The Morgan fingerprint density at radius 1 is 0.766 bits per heavy atom. The van der Waals surface area contributed by atoms with Crippen LogP contribution in [0.5, 0.6) is 0 Å². The number of halogens is 17. The number of ether oxygens (including phenoxy) is 1. The number of nitrogen functional groups attached to an aromatic ring is 1. The summed E-state index contributed by atoms with van der Waals surface area (Å²) < 4.78 is 113. The van der Waals surface area contributed by atoms with Gasteiger partial charge in [0.25, 0.3) is 12.5 Å². The number of carbonyl (C=O) groups excluding carboxylic acids is 3. The first-order valence-corrected chi connectivity index (χ1v) is 43.9. The molecule has 0 saturated carbocycles. The van der Waals surface area contributed by atoms with Gasteiger partial charge in [0, 0.05) is 17.1 Å². The van der Waals surface area contributed by atoms with Crippen LogP contribution in [0.2, 0.25) is 0 Å². The average molecular weight is 1850 g/mol. The summed E-state index contributed by atoms with van der Waals surface area (Å²) in [5.74, 6) is -2.34. The van der Waals surface area contributed by atoms with Gasteiger partial charge in [0.05, 0.1) is 23.3 Å². The van der Waals surface area contributed by atoms with Crippen molar-refractivity contribution in [3.05, 3.63) is 124 Å². The first-order valence-electron chi connectivity index (χ1n) is 15.7. The molecule has 29 heteroatoms. The number of anilines is 3. The fourth-order valence-electron chi connectivity index (χ4n) is 3.19. The first kappa shape index (κ1) is 72.7. The minimum atomic E-state index is -4.46. The molecule has 0 aromatic heterocycles. The molecule has 0 fully saturated rings. The molecule has 0 bridgehead atoms. The number of nitrogens with two attached hydrogens (primary N) is 1. The predicted octanol–water partition coefficient (Wildman–Crippen LogP) is 11.4. The van der Waals surface area contributed by atoms with Crippen molar-refractivity contribution in [1.82, 2.24) is 0 Å². The molecular formula is C35H33F9I8N6O5V-. The van der Waals surface area contributed by atoms with Gasteiger partial charge in [0.1, 0.15) is 11.8 Å². The molecule has 0 aliphatic carbocycles. The summed E-state index contributed by atoms with van der Waals surface area (Å²) in [7, 11) is 0. The van der Waals surface area contributed by atoms with Gasteiger partial charge in [-0.3, -0.25) is 9.59 Å². The second-order valence-electron chi connectivity index (χ2n) is 10.0. The van der Waals surface area contributed by atoms with Crippen molar-refractivity contribution in [1.29, 1.82) is 5.26 Å². The number of amides is 2. The summed E-state index contributed by atoms with van der Waals surface area (Å²) in [5, 5.41) is 22.2. The molecule has 0 radical (unpaired) electrons. The third kappa shape index (κ3) is 40.7. The van der Waals surface area contributed by atoms with Gasteiger partial charge in [-0.25, -0.2) is 17.9 Å². The molecule has 0 heterocycles. The van der Waals surface area contributed by atoms with Crippen LogP contribution in [0.25, 0.3) is 9.69 Å². The molecule has 64 heavy (non-hydrogen) atoms. The zero-order chi connectivity index (χ0) is 50.0. The monoisotopic (exact) mass is 1850 g/mol. The SMILES string of the molecule is C/C(O)=C(\C#N)C(=O)Nc1ccc(C(F)(F)F)cc1.CI.I.I[I-]I.Nc1ccc(C(F)(F)F)cc1.[C-]#[N+]CC(=O)Nc1ccc(C(F)(F)F)cc1.[C-]#[N+]CC(=O)OCC.[I][V]([I])[I]. The number of hydrogen-bond acceptors (Lipinski definition) is 7. The summed E-state index contributed by atoms with van der Waals surface area (Å²) in [6.07, 6.45) is -13.1. The molecule has 3 aromatic carbocycles. The first-order chi connectivity index (χ1) is 29.1. The van der Waals surface area contributed by atoms with E-state index in [1.165, 1.54) is 18.2 Å². The van der Waals surface area contributed by atoms with Crippen LogP contribution in [0, 0.1) is 24.5 Å². The molecule has 0 spiro atoms. The number of benzene rings is 3. The van der Waals surface area contributed by atoms with E-state index in [2.05, 4.69) is 145 Å². The van der Waals surface area contributed by atoms with E-state index in [1.54, 1.807) is 6.92 Å².